The predicted molar refractivity (Wildman–Crippen MR) is 98.7 cm³/mol. The van der Waals surface area contributed by atoms with Gasteiger partial charge in [0, 0.05) is 28.7 Å². The third-order valence-corrected chi connectivity index (χ3v) is 3.54. The second kappa shape index (κ2) is 7.51. The van der Waals surface area contributed by atoms with E-state index in [0.29, 0.717) is 18.2 Å². The maximum atomic E-state index is 12.1. The smallest absolute Gasteiger partial charge is 0.250 e. The summed E-state index contributed by atoms with van der Waals surface area (Å²) in [5.41, 5.74) is 1.94. The van der Waals surface area contributed by atoms with Gasteiger partial charge < -0.3 is 4.90 Å². The van der Waals surface area contributed by atoms with Gasteiger partial charge in [-0.3, -0.25) is 4.79 Å². The first kappa shape index (κ1) is 17.3. The van der Waals surface area contributed by atoms with Crippen molar-refractivity contribution in [3.63, 3.8) is 0 Å². The Balaban J connectivity index is 2.62. The van der Waals surface area contributed by atoms with E-state index in [9.17, 15) is 4.79 Å². The van der Waals surface area contributed by atoms with Crippen LogP contribution in [0.5, 0.6) is 0 Å². The fraction of sp³-hybridized carbons (Fsp3) is 0.278. The van der Waals surface area contributed by atoms with E-state index < -0.39 is 0 Å². The molecule has 0 fully saturated rings. The second-order valence-corrected chi connectivity index (χ2v) is 6.85. The van der Waals surface area contributed by atoms with E-state index in [4.69, 9.17) is 0 Å². The molecular formula is C18H20BrN3O. The third-order valence-electron chi connectivity index (χ3n) is 3.34. The van der Waals surface area contributed by atoms with Gasteiger partial charge in [0.15, 0.2) is 5.84 Å². The van der Waals surface area contributed by atoms with Gasteiger partial charge in [0.05, 0.1) is 0 Å². The average Bonchev–Trinajstić information content (AvgIpc) is 2.64. The molecule has 0 bridgehead atoms. The number of halogens is 1. The maximum absolute atomic E-state index is 12.1. The molecule has 0 atom stereocenters. The van der Waals surface area contributed by atoms with Crippen LogP contribution in [0.3, 0.4) is 0 Å². The van der Waals surface area contributed by atoms with Crippen molar-refractivity contribution >= 4 is 33.5 Å². The lowest BCUT2D eigenvalue weighted by Gasteiger charge is -2.19. The number of aliphatic imine (C=N–C) groups is 2. The average molecular weight is 374 g/mol. The van der Waals surface area contributed by atoms with Gasteiger partial charge >= 0.3 is 0 Å². The molecule has 1 heterocycles. The van der Waals surface area contributed by atoms with Gasteiger partial charge in [-0.15, -0.1) is 0 Å². The molecule has 0 radical (unpaired) electrons. The zero-order chi connectivity index (χ0) is 17.0. The quantitative estimate of drug-likeness (QED) is 0.793. The van der Waals surface area contributed by atoms with Gasteiger partial charge in [-0.05, 0) is 18.6 Å². The fourth-order valence-electron chi connectivity index (χ4n) is 2.18. The molecule has 0 spiro atoms. The van der Waals surface area contributed by atoms with Crippen molar-refractivity contribution in [3.8, 4) is 0 Å². The van der Waals surface area contributed by atoms with Crippen LogP contribution in [0.4, 0.5) is 0 Å². The summed E-state index contributed by atoms with van der Waals surface area (Å²) in [6.45, 7) is 10.1. The number of amidine groups is 2. The van der Waals surface area contributed by atoms with E-state index in [0.717, 1.165) is 15.6 Å². The van der Waals surface area contributed by atoms with E-state index in [1.54, 1.807) is 6.08 Å². The molecule has 4 nitrogen and oxygen atoms in total. The lowest BCUT2D eigenvalue weighted by molar-refractivity contribution is -0.120. The van der Waals surface area contributed by atoms with Crippen LogP contribution >= 0.6 is 15.9 Å². The van der Waals surface area contributed by atoms with Crippen molar-refractivity contribution in [1.82, 2.24) is 4.90 Å². The highest BCUT2D eigenvalue weighted by molar-refractivity contribution is 9.11. The van der Waals surface area contributed by atoms with E-state index in [-0.39, 0.29) is 11.8 Å². The Morgan fingerprint density at radius 3 is 2.74 bits per heavy atom. The Hall–Kier alpha value is -2.01. The van der Waals surface area contributed by atoms with E-state index >= 15 is 0 Å². The van der Waals surface area contributed by atoms with E-state index in [1.165, 1.54) is 0 Å². The molecule has 2 rings (SSSR count). The first-order valence-electron chi connectivity index (χ1n) is 7.45. The number of amides is 1. The molecular weight excluding hydrogens is 354 g/mol. The van der Waals surface area contributed by atoms with Crippen LogP contribution in [-0.2, 0) is 11.3 Å². The van der Waals surface area contributed by atoms with Crippen molar-refractivity contribution in [1.29, 1.82) is 0 Å². The summed E-state index contributed by atoms with van der Waals surface area (Å²) < 4.78 is 0.975. The van der Waals surface area contributed by atoms with E-state index in [1.807, 2.05) is 56.1 Å². The van der Waals surface area contributed by atoms with Crippen molar-refractivity contribution < 1.29 is 4.79 Å². The summed E-state index contributed by atoms with van der Waals surface area (Å²) in [6, 6.07) is 7.87. The van der Waals surface area contributed by atoms with Crippen molar-refractivity contribution in [2.24, 2.45) is 15.9 Å². The van der Waals surface area contributed by atoms with E-state index in [2.05, 4.69) is 32.5 Å². The van der Waals surface area contributed by atoms with Gasteiger partial charge in [-0.25, -0.2) is 4.99 Å². The number of carbonyl (C=O) groups is 1. The molecule has 1 aromatic rings. The monoisotopic (exact) mass is 373 g/mol. The fourth-order valence-corrected chi connectivity index (χ4v) is 2.43. The molecule has 0 saturated carbocycles. The van der Waals surface area contributed by atoms with Crippen LogP contribution < -0.4 is 0 Å². The molecule has 120 valence electrons. The molecule has 0 unspecified atom stereocenters. The molecule has 0 saturated heterocycles. The van der Waals surface area contributed by atoms with Crippen LogP contribution in [-0.4, -0.2) is 22.5 Å². The summed E-state index contributed by atoms with van der Waals surface area (Å²) in [5, 5.41) is 0. The van der Waals surface area contributed by atoms with Crippen LogP contribution in [0.1, 0.15) is 31.9 Å². The van der Waals surface area contributed by atoms with Crippen LogP contribution in [0.2, 0.25) is 0 Å². The van der Waals surface area contributed by atoms with Crippen LogP contribution in [0.25, 0.3) is 0 Å². The number of benzene rings is 1. The molecule has 5 heteroatoms. The molecule has 1 amide bonds. The number of carbonyl (C=O) groups excluding carboxylic acids is 1. The first-order chi connectivity index (χ1) is 10.9. The molecule has 0 aromatic heterocycles. The largest absolute Gasteiger partial charge is 0.328 e. The normalized spacial score (nSPS) is 16.9. The molecule has 0 N–H and O–H groups in total. The zero-order valence-corrected chi connectivity index (χ0v) is 15.2. The van der Waals surface area contributed by atoms with Gasteiger partial charge in [0.25, 0.3) is 0 Å². The SMILES string of the molecule is C=CC1=NC(=NC(=O)C(C)C)c2ccccc2CN1/C=C(\C)Br. The number of allylic oxidation sites excluding steroid dienone is 1. The summed E-state index contributed by atoms with van der Waals surface area (Å²) in [4.78, 5) is 22.9. The Morgan fingerprint density at radius 2 is 2.13 bits per heavy atom. The minimum atomic E-state index is -0.178. The van der Waals surface area contributed by atoms with Gasteiger partial charge in [-0.2, -0.15) is 4.99 Å². The second-order valence-electron chi connectivity index (χ2n) is 5.60. The topological polar surface area (TPSA) is 45.0 Å². The molecule has 1 aliphatic rings. The standard InChI is InChI=1S/C18H20BrN3O/c1-5-16-20-17(21-18(23)12(2)3)15-9-7-6-8-14(15)11-22(16)10-13(4)19/h5-10,12H,1,11H2,2-4H3/b13-10+,21-17?. The minimum Gasteiger partial charge on any atom is -0.328 e. The Morgan fingerprint density at radius 1 is 1.43 bits per heavy atom. The van der Waals surface area contributed by atoms with Crippen LogP contribution in [0.15, 0.2) is 57.6 Å². The molecule has 1 aromatic carbocycles. The number of nitrogens with zero attached hydrogens (tertiary/aromatic N) is 3. The minimum absolute atomic E-state index is 0.166. The van der Waals surface area contributed by atoms with Crippen molar-refractivity contribution in [2.75, 3.05) is 0 Å². The highest BCUT2D eigenvalue weighted by atomic mass is 79.9. The van der Waals surface area contributed by atoms with Crippen molar-refractivity contribution in [2.45, 2.75) is 27.3 Å². The Kier molecular flexibility index (Phi) is 5.66. The predicted octanol–water partition coefficient (Wildman–Crippen LogP) is 4.27. The van der Waals surface area contributed by atoms with Gasteiger partial charge in [-0.1, -0.05) is 60.6 Å². The lowest BCUT2D eigenvalue weighted by atomic mass is 10.1. The summed E-state index contributed by atoms with van der Waals surface area (Å²) in [5.74, 6) is 0.761. The first-order valence-corrected chi connectivity index (χ1v) is 8.24. The van der Waals surface area contributed by atoms with Gasteiger partial charge in [0.1, 0.15) is 5.84 Å². The summed E-state index contributed by atoms with van der Waals surface area (Å²) >= 11 is 3.45. The highest BCUT2D eigenvalue weighted by Crippen LogP contribution is 2.21. The molecule has 23 heavy (non-hydrogen) atoms. The highest BCUT2D eigenvalue weighted by Gasteiger charge is 2.20. The van der Waals surface area contributed by atoms with Crippen molar-refractivity contribution in [3.05, 3.63) is 58.7 Å². The number of hydrogen-bond acceptors (Lipinski definition) is 2. The lowest BCUT2D eigenvalue weighted by Crippen LogP contribution is -2.22. The zero-order valence-electron chi connectivity index (χ0n) is 13.6. The maximum Gasteiger partial charge on any atom is 0.250 e. The number of rotatable bonds is 3. The Bertz CT molecular complexity index is 713. The summed E-state index contributed by atoms with van der Waals surface area (Å²) in [7, 11) is 0. The van der Waals surface area contributed by atoms with Gasteiger partial charge in [0.2, 0.25) is 5.91 Å². The molecule has 1 aliphatic heterocycles. The number of fused-ring (bicyclic) bond motifs is 1. The molecule has 0 aliphatic carbocycles. The third kappa shape index (κ3) is 4.26. The Labute approximate surface area is 145 Å². The number of hydrogen-bond donors (Lipinski definition) is 0. The summed E-state index contributed by atoms with van der Waals surface area (Å²) in [6.07, 6.45) is 3.62. The van der Waals surface area contributed by atoms with Crippen LogP contribution in [0, 0.1) is 5.92 Å².